The maximum absolute atomic E-state index is 12.9. The molecule has 1 unspecified atom stereocenters. The van der Waals surface area contributed by atoms with E-state index in [4.69, 9.17) is 4.74 Å². The minimum Gasteiger partial charge on any atom is -0.485 e. The average Bonchev–Trinajstić information content (AvgIpc) is 3.56. The average molecular weight is 414 g/mol. The van der Waals surface area contributed by atoms with Crippen LogP contribution in [-0.2, 0) is 6.61 Å². The van der Waals surface area contributed by atoms with Crippen molar-refractivity contribution in [3.8, 4) is 17.6 Å². The maximum Gasteiger partial charge on any atom is 0.254 e. The van der Waals surface area contributed by atoms with E-state index in [-0.39, 0.29) is 18.2 Å². The Morgan fingerprint density at radius 2 is 1.77 bits per heavy atom. The monoisotopic (exact) mass is 413 g/mol. The number of pyridine rings is 1. The molecule has 1 aromatic carbocycles. The minimum atomic E-state index is -0.0955. The van der Waals surface area contributed by atoms with Crippen LogP contribution < -0.4 is 10.3 Å². The lowest BCUT2D eigenvalue weighted by Crippen LogP contribution is -2.25. The van der Waals surface area contributed by atoms with E-state index in [1.165, 1.54) is 18.9 Å². The zero-order chi connectivity index (χ0) is 22.0. The van der Waals surface area contributed by atoms with Gasteiger partial charge in [-0.25, -0.2) is 9.97 Å². The molecule has 2 aromatic heterocycles. The molecule has 1 aliphatic carbocycles. The van der Waals surface area contributed by atoms with Crippen molar-refractivity contribution in [3.63, 3.8) is 0 Å². The largest absolute Gasteiger partial charge is 0.485 e. The summed E-state index contributed by atoms with van der Waals surface area (Å²) in [6.07, 6.45) is 5.79. The van der Waals surface area contributed by atoms with Crippen LogP contribution in [0.5, 0.6) is 5.75 Å². The van der Waals surface area contributed by atoms with E-state index in [1.54, 1.807) is 23.0 Å². The van der Waals surface area contributed by atoms with Crippen LogP contribution in [0.3, 0.4) is 0 Å². The van der Waals surface area contributed by atoms with Crippen molar-refractivity contribution in [1.82, 2.24) is 14.5 Å². The van der Waals surface area contributed by atoms with Crippen molar-refractivity contribution in [3.05, 3.63) is 86.9 Å². The Hall–Kier alpha value is -3.39. The van der Waals surface area contributed by atoms with E-state index in [1.807, 2.05) is 13.0 Å². The molecule has 1 saturated carbocycles. The molecule has 0 spiro atoms. The molecule has 4 rings (SSSR count). The van der Waals surface area contributed by atoms with Gasteiger partial charge in [0.25, 0.3) is 5.56 Å². The predicted octanol–water partition coefficient (Wildman–Crippen LogP) is 4.51. The third-order valence-electron chi connectivity index (χ3n) is 5.62. The summed E-state index contributed by atoms with van der Waals surface area (Å²) < 4.78 is 7.55. The molecule has 1 atom stereocenters. The van der Waals surface area contributed by atoms with Gasteiger partial charge in [0, 0.05) is 35.6 Å². The fraction of sp³-hybridized carbons (Fsp3) is 0.346. The molecule has 0 bridgehead atoms. The number of hydrogen-bond donors (Lipinski definition) is 0. The molecule has 1 aliphatic rings. The zero-order valence-corrected chi connectivity index (χ0v) is 18.5. The number of aryl methyl sites for hydroxylation is 3. The van der Waals surface area contributed by atoms with Gasteiger partial charge < -0.3 is 9.30 Å². The maximum atomic E-state index is 12.9. The summed E-state index contributed by atoms with van der Waals surface area (Å²) in [5, 5.41) is 0. The van der Waals surface area contributed by atoms with Crippen LogP contribution in [0.4, 0.5) is 0 Å². The van der Waals surface area contributed by atoms with Gasteiger partial charge in [0.2, 0.25) is 0 Å². The summed E-state index contributed by atoms with van der Waals surface area (Å²) in [5.74, 6) is 8.40. The SMILES string of the molecule is Cc1cc(C(C)n2c(C)cc(OCc3ncccn3)cc2=O)cc(C)c1C#CC1CC1. The Morgan fingerprint density at radius 3 is 2.39 bits per heavy atom. The van der Waals surface area contributed by atoms with E-state index < -0.39 is 0 Å². The van der Waals surface area contributed by atoms with Crippen molar-refractivity contribution in [1.29, 1.82) is 0 Å². The molecule has 0 radical (unpaired) electrons. The number of nitrogens with zero attached hydrogens (tertiary/aromatic N) is 3. The number of aromatic nitrogens is 3. The van der Waals surface area contributed by atoms with Crippen molar-refractivity contribution >= 4 is 0 Å². The van der Waals surface area contributed by atoms with E-state index in [0.29, 0.717) is 17.5 Å². The van der Waals surface area contributed by atoms with Crippen molar-refractivity contribution in [2.24, 2.45) is 5.92 Å². The van der Waals surface area contributed by atoms with E-state index >= 15 is 0 Å². The highest BCUT2D eigenvalue weighted by atomic mass is 16.5. The fourth-order valence-corrected chi connectivity index (χ4v) is 3.80. The van der Waals surface area contributed by atoms with Gasteiger partial charge in [0.15, 0.2) is 5.82 Å². The Kier molecular flexibility index (Phi) is 5.90. The highest BCUT2D eigenvalue weighted by Gasteiger charge is 2.19. The normalized spacial score (nSPS) is 13.9. The van der Waals surface area contributed by atoms with E-state index in [2.05, 4.69) is 54.7 Å². The predicted molar refractivity (Wildman–Crippen MR) is 121 cm³/mol. The first-order valence-electron chi connectivity index (χ1n) is 10.7. The van der Waals surface area contributed by atoms with Gasteiger partial charge in [-0.3, -0.25) is 4.79 Å². The standard InChI is InChI=1S/C26H27N3O2/c1-17-12-22(13-18(2)24(17)9-8-21-6-7-21)20(4)29-19(3)14-23(15-26(29)30)31-16-25-27-10-5-11-28-25/h5,10-15,20-21H,6-7,16H2,1-4H3. The Labute approximate surface area is 183 Å². The van der Waals surface area contributed by atoms with Gasteiger partial charge in [-0.05, 0) is 69.4 Å². The lowest BCUT2D eigenvalue weighted by Gasteiger charge is -2.21. The highest BCUT2D eigenvalue weighted by Crippen LogP contribution is 2.29. The lowest BCUT2D eigenvalue weighted by molar-refractivity contribution is 0.294. The van der Waals surface area contributed by atoms with Gasteiger partial charge in [0.05, 0.1) is 6.04 Å². The molecular formula is C26H27N3O2. The molecule has 0 amide bonds. The molecule has 31 heavy (non-hydrogen) atoms. The topological polar surface area (TPSA) is 57.0 Å². The summed E-state index contributed by atoms with van der Waals surface area (Å²) in [6, 6.07) is 9.38. The van der Waals surface area contributed by atoms with Crippen LogP contribution in [-0.4, -0.2) is 14.5 Å². The van der Waals surface area contributed by atoms with Gasteiger partial charge in [-0.15, -0.1) is 0 Å². The molecular weight excluding hydrogens is 386 g/mol. The summed E-state index contributed by atoms with van der Waals surface area (Å²) in [4.78, 5) is 21.2. The summed E-state index contributed by atoms with van der Waals surface area (Å²) in [7, 11) is 0. The second-order valence-corrected chi connectivity index (χ2v) is 8.24. The molecule has 0 N–H and O–H groups in total. The van der Waals surface area contributed by atoms with Gasteiger partial charge in [0.1, 0.15) is 12.4 Å². The molecule has 0 saturated heterocycles. The molecule has 5 nitrogen and oxygen atoms in total. The summed E-state index contributed by atoms with van der Waals surface area (Å²) >= 11 is 0. The Morgan fingerprint density at radius 1 is 1.10 bits per heavy atom. The van der Waals surface area contributed by atoms with Crippen LogP contribution >= 0.6 is 0 Å². The Bertz CT molecular complexity index is 1190. The smallest absolute Gasteiger partial charge is 0.254 e. The van der Waals surface area contributed by atoms with Crippen molar-refractivity contribution in [2.75, 3.05) is 0 Å². The highest BCUT2D eigenvalue weighted by molar-refractivity contribution is 5.49. The Balaban J connectivity index is 1.57. The summed E-state index contributed by atoms with van der Waals surface area (Å²) in [5.41, 5.74) is 5.27. The zero-order valence-electron chi connectivity index (χ0n) is 18.5. The molecule has 3 aromatic rings. The van der Waals surface area contributed by atoms with E-state index in [0.717, 1.165) is 27.9 Å². The third kappa shape index (κ3) is 4.86. The first-order valence-corrected chi connectivity index (χ1v) is 10.7. The van der Waals surface area contributed by atoms with Crippen LogP contribution in [0.1, 0.15) is 59.6 Å². The number of rotatable bonds is 5. The van der Waals surface area contributed by atoms with Gasteiger partial charge in [-0.1, -0.05) is 24.0 Å². The first kappa shape index (κ1) is 20.9. The second-order valence-electron chi connectivity index (χ2n) is 8.24. The fourth-order valence-electron chi connectivity index (χ4n) is 3.80. The first-order chi connectivity index (χ1) is 14.9. The van der Waals surface area contributed by atoms with Crippen LogP contribution in [0.15, 0.2) is 47.5 Å². The van der Waals surface area contributed by atoms with Crippen LogP contribution in [0.2, 0.25) is 0 Å². The number of hydrogen-bond acceptors (Lipinski definition) is 4. The van der Waals surface area contributed by atoms with Crippen molar-refractivity contribution < 1.29 is 4.74 Å². The van der Waals surface area contributed by atoms with Gasteiger partial charge >= 0.3 is 0 Å². The molecule has 0 aliphatic heterocycles. The third-order valence-corrected chi connectivity index (χ3v) is 5.62. The lowest BCUT2D eigenvalue weighted by atomic mass is 9.96. The second kappa shape index (κ2) is 8.77. The summed E-state index contributed by atoms with van der Waals surface area (Å²) in [6.45, 7) is 8.40. The van der Waals surface area contributed by atoms with Crippen LogP contribution in [0, 0.1) is 38.5 Å². The molecule has 5 heteroatoms. The minimum absolute atomic E-state index is 0.0932. The molecule has 158 valence electrons. The van der Waals surface area contributed by atoms with E-state index in [9.17, 15) is 4.79 Å². The molecule has 1 fully saturated rings. The molecule has 2 heterocycles. The van der Waals surface area contributed by atoms with Gasteiger partial charge in [-0.2, -0.15) is 0 Å². The number of ether oxygens (including phenoxy) is 1. The quantitative estimate of drug-likeness (QED) is 0.578. The van der Waals surface area contributed by atoms with Crippen molar-refractivity contribution in [2.45, 2.75) is 53.2 Å². The van der Waals surface area contributed by atoms with Crippen LogP contribution in [0.25, 0.3) is 0 Å². The number of benzene rings is 1.